The Kier molecular flexibility index (Phi) is 2.79. The fourth-order valence-electron chi connectivity index (χ4n) is 1.53. The molecule has 0 radical (unpaired) electrons. The number of anilines is 1. The van der Waals surface area contributed by atoms with Crippen LogP contribution in [0.5, 0.6) is 0 Å². The summed E-state index contributed by atoms with van der Waals surface area (Å²) < 4.78 is 5.29. The Morgan fingerprint density at radius 2 is 2.21 bits per heavy atom. The van der Waals surface area contributed by atoms with Crippen molar-refractivity contribution >= 4 is 11.9 Å². The van der Waals surface area contributed by atoms with Gasteiger partial charge in [0.15, 0.2) is 0 Å². The van der Waals surface area contributed by atoms with Crippen LogP contribution in [0.3, 0.4) is 0 Å². The molecule has 0 bridgehead atoms. The minimum Gasteiger partial charge on any atom is -0.378 e. The van der Waals surface area contributed by atoms with Crippen molar-refractivity contribution in [3.63, 3.8) is 0 Å². The van der Waals surface area contributed by atoms with Gasteiger partial charge in [0.25, 0.3) is 0 Å². The van der Waals surface area contributed by atoms with Crippen molar-refractivity contribution < 1.29 is 4.74 Å². The zero-order chi connectivity index (χ0) is 9.80. The van der Waals surface area contributed by atoms with Gasteiger partial charge < -0.3 is 9.64 Å². The summed E-state index contributed by atoms with van der Waals surface area (Å²) in [4.78, 5) is 6.57. The van der Waals surface area contributed by atoms with Gasteiger partial charge in [-0.1, -0.05) is 12.7 Å². The van der Waals surface area contributed by atoms with E-state index in [2.05, 4.69) is 22.5 Å². The van der Waals surface area contributed by atoms with Gasteiger partial charge in [0.2, 0.25) is 0 Å². The lowest BCUT2D eigenvalue weighted by Gasteiger charge is -2.27. The lowest BCUT2D eigenvalue weighted by atomic mass is 10.2. The highest BCUT2D eigenvalue weighted by atomic mass is 16.5. The molecule has 1 saturated heterocycles. The molecule has 1 aromatic rings. The van der Waals surface area contributed by atoms with E-state index in [1.807, 2.05) is 18.3 Å². The molecular weight excluding hydrogens is 176 g/mol. The van der Waals surface area contributed by atoms with E-state index in [9.17, 15) is 0 Å². The second kappa shape index (κ2) is 4.24. The monoisotopic (exact) mass is 190 g/mol. The van der Waals surface area contributed by atoms with Crippen LogP contribution in [0.1, 0.15) is 5.56 Å². The molecule has 2 rings (SSSR count). The van der Waals surface area contributed by atoms with Crippen molar-refractivity contribution in [2.24, 2.45) is 0 Å². The predicted molar refractivity (Wildman–Crippen MR) is 57.4 cm³/mol. The highest BCUT2D eigenvalue weighted by Gasteiger charge is 2.11. The Labute approximate surface area is 84.0 Å². The molecule has 0 unspecified atom stereocenters. The fraction of sp³-hybridized carbons (Fsp3) is 0.364. The van der Waals surface area contributed by atoms with Gasteiger partial charge in [-0.25, -0.2) is 4.98 Å². The van der Waals surface area contributed by atoms with Gasteiger partial charge in [-0.2, -0.15) is 0 Å². The van der Waals surface area contributed by atoms with Crippen LogP contribution in [0.2, 0.25) is 0 Å². The van der Waals surface area contributed by atoms with E-state index in [4.69, 9.17) is 4.74 Å². The van der Waals surface area contributed by atoms with Crippen molar-refractivity contribution in [3.05, 3.63) is 30.5 Å². The first-order chi connectivity index (χ1) is 6.90. The van der Waals surface area contributed by atoms with E-state index in [0.29, 0.717) is 0 Å². The van der Waals surface area contributed by atoms with Crippen LogP contribution < -0.4 is 4.90 Å². The normalized spacial score (nSPS) is 16.7. The van der Waals surface area contributed by atoms with Crippen molar-refractivity contribution in [2.45, 2.75) is 0 Å². The smallest absolute Gasteiger partial charge is 0.129 e. The Hall–Kier alpha value is -1.35. The van der Waals surface area contributed by atoms with Crippen LogP contribution >= 0.6 is 0 Å². The van der Waals surface area contributed by atoms with Gasteiger partial charge >= 0.3 is 0 Å². The molecule has 0 amide bonds. The molecule has 14 heavy (non-hydrogen) atoms. The second-order valence-corrected chi connectivity index (χ2v) is 3.25. The van der Waals surface area contributed by atoms with Gasteiger partial charge in [0, 0.05) is 19.3 Å². The third kappa shape index (κ3) is 1.93. The Morgan fingerprint density at radius 1 is 1.43 bits per heavy atom. The van der Waals surface area contributed by atoms with Gasteiger partial charge in [-0.15, -0.1) is 0 Å². The summed E-state index contributed by atoms with van der Waals surface area (Å²) in [7, 11) is 0. The molecule has 1 aliphatic heterocycles. The van der Waals surface area contributed by atoms with E-state index in [1.54, 1.807) is 0 Å². The molecule has 1 aliphatic rings. The molecule has 2 heterocycles. The molecule has 0 N–H and O–H groups in total. The topological polar surface area (TPSA) is 25.4 Å². The molecular formula is C11H14N2O. The molecule has 1 aromatic heterocycles. The van der Waals surface area contributed by atoms with Crippen molar-refractivity contribution in [3.8, 4) is 0 Å². The van der Waals surface area contributed by atoms with Gasteiger partial charge in [0.1, 0.15) is 5.82 Å². The first kappa shape index (κ1) is 9.21. The van der Waals surface area contributed by atoms with Crippen LogP contribution in [-0.2, 0) is 4.74 Å². The fourth-order valence-corrected chi connectivity index (χ4v) is 1.53. The lowest BCUT2D eigenvalue weighted by Crippen LogP contribution is -2.36. The van der Waals surface area contributed by atoms with E-state index in [0.717, 1.165) is 37.7 Å². The largest absolute Gasteiger partial charge is 0.378 e. The van der Waals surface area contributed by atoms with Crippen molar-refractivity contribution in [1.82, 2.24) is 4.98 Å². The molecule has 0 spiro atoms. The van der Waals surface area contributed by atoms with Crippen LogP contribution in [0.4, 0.5) is 5.82 Å². The highest BCUT2D eigenvalue weighted by Crippen LogP contribution is 2.14. The average molecular weight is 190 g/mol. The molecule has 0 atom stereocenters. The van der Waals surface area contributed by atoms with Crippen LogP contribution in [-0.4, -0.2) is 31.3 Å². The van der Waals surface area contributed by atoms with Crippen molar-refractivity contribution in [2.75, 3.05) is 31.2 Å². The molecule has 74 valence electrons. The first-order valence-electron chi connectivity index (χ1n) is 4.81. The second-order valence-electron chi connectivity index (χ2n) is 3.25. The molecule has 3 heteroatoms. The Balaban J connectivity index is 2.17. The summed E-state index contributed by atoms with van der Waals surface area (Å²) in [5.41, 5.74) is 1.11. The van der Waals surface area contributed by atoms with E-state index in [-0.39, 0.29) is 0 Å². The Morgan fingerprint density at radius 3 is 2.93 bits per heavy atom. The summed E-state index contributed by atoms with van der Waals surface area (Å²) in [5, 5.41) is 0. The number of ether oxygens (including phenoxy) is 1. The van der Waals surface area contributed by atoms with Crippen LogP contribution in [0.15, 0.2) is 24.9 Å². The SMILES string of the molecule is C=Cc1ccnc(N2CCOCC2)c1. The minimum absolute atomic E-state index is 0.792. The van der Waals surface area contributed by atoms with Crippen molar-refractivity contribution in [1.29, 1.82) is 0 Å². The molecule has 0 saturated carbocycles. The van der Waals surface area contributed by atoms with Gasteiger partial charge in [-0.05, 0) is 17.7 Å². The lowest BCUT2D eigenvalue weighted by molar-refractivity contribution is 0.122. The van der Waals surface area contributed by atoms with E-state index in [1.165, 1.54) is 0 Å². The van der Waals surface area contributed by atoms with E-state index >= 15 is 0 Å². The summed E-state index contributed by atoms with van der Waals surface area (Å²) >= 11 is 0. The molecule has 0 aliphatic carbocycles. The number of aromatic nitrogens is 1. The minimum atomic E-state index is 0.792. The zero-order valence-electron chi connectivity index (χ0n) is 8.15. The van der Waals surface area contributed by atoms with Crippen LogP contribution in [0.25, 0.3) is 6.08 Å². The summed E-state index contributed by atoms with van der Waals surface area (Å²) in [5.74, 6) is 1.02. The van der Waals surface area contributed by atoms with Gasteiger partial charge in [0.05, 0.1) is 13.2 Å². The molecule has 0 aromatic carbocycles. The number of nitrogens with zero attached hydrogens (tertiary/aromatic N) is 2. The zero-order valence-corrected chi connectivity index (χ0v) is 8.15. The quantitative estimate of drug-likeness (QED) is 0.707. The summed E-state index contributed by atoms with van der Waals surface area (Å²) in [6, 6.07) is 4.01. The molecule has 3 nitrogen and oxygen atoms in total. The first-order valence-corrected chi connectivity index (χ1v) is 4.81. The summed E-state index contributed by atoms with van der Waals surface area (Å²) in [6.45, 7) is 7.18. The van der Waals surface area contributed by atoms with Crippen LogP contribution in [0, 0.1) is 0 Å². The van der Waals surface area contributed by atoms with E-state index < -0.39 is 0 Å². The number of hydrogen-bond acceptors (Lipinski definition) is 3. The maximum atomic E-state index is 5.29. The average Bonchev–Trinajstić information content (AvgIpc) is 2.30. The maximum absolute atomic E-state index is 5.29. The molecule has 1 fully saturated rings. The Bertz CT molecular complexity index is 319. The highest BCUT2D eigenvalue weighted by molar-refractivity contribution is 5.53. The number of hydrogen-bond donors (Lipinski definition) is 0. The standard InChI is InChI=1S/C11H14N2O/c1-2-10-3-4-12-11(9-10)13-5-7-14-8-6-13/h2-4,9H,1,5-8H2. The number of pyridine rings is 1. The predicted octanol–water partition coefficient (Wildman–Crippen LogP) is 1.56. The third-order valence-corrected chi connectivity index (χ3v) is 2.34. The summed E-state index contributed by atoms with van der Waals surface area (Å²) in [6.07, 6.45) is 3.66. The number of rotatable bonds is 2. The third-order valence-electron chi connectivity index (χ3n) is 2.34. The maximum Gasteiger partial charge on any atom is 0.129 e. The van der Waals surface area contributed by atoms with Gasteiger partial charge in [-0.3, -0.25) is 0 Å². The number of morpholine rings is 1.